The second-order valence-corrected chi connectivity index (χ2v) is 5.04. The second kappa shape index (κ2) is 8.61. The number of amides is 1. The summed E-state index contributed by atoms with van der Waals surface area (Å²) in [5, 5.41) is 12.1. The molecule has 116 valence electrons. The molecular weight excluding hydrogens is 296 g/mol. The van der Waals surface area contributed by atoms with E-state index in [9.17, 15) is 9.59 Å². The second-order valence-electron chi connectivity index (χ2n) is 4.60. The van der Waals surface area contributed by atoms with E-state index in [2.05, 4.69) is 5.32 Å². The van der Waals surface area contributed by atoms with Crippen LogP contribution in [0.15, 0.2) is 18.2 Å². The fourth-order valence-electron chi connectivity index (χ4n) is 1.75. The third-order valence-electron chi connectivity index (χ3n) is 2.81. The quantitative estimate of drug-likeness (QED) is 0.762. The fourth-order valence-corrected chi connectivity index (χ4v) is 1.92. The Morgan fingerprint density at radius 1 is 1.38 bits per heavy atom. The molecule has 0 bridgehead atoms. The Morgan fingerprint density at radius 3 is 2.71 bits per heavy atom. The normalized spacial score (nSPS) is 10.7. The van der Waals surface area contributed by atoms with Crippen molar-refractivity contribution in [1.29, 1.82) is 0 Å². The fraction of sp³-hybridized carbons (Fsp3) is 0.429. The third kappa shape index (κ3) is 6.57. The molecule has 0 atom stereocenters. The van der Waals surface area contributed by atoms with Crippen LogP contribution >= 0.6 is 11.6 Å². The molecule has 0 spiro atoms. The molecule has 1 amide bonds. The van der Waals surface area contributed by atoms with Crippen molar-refractivity contribution >= 4 is 29.2 Å². The first kappa shape index (κ1) is 17.4. The van der Waals surface area contributed by atoms with Gasteiger partial charge >= 0.3 is 5.97 Å². The zero-order chi connectivity index (χ0) is 15.8. The molecule has 0 aromatic heterocycles. The van der Waals surface area contributed by atoms with Gasteiger partial charge in [-0.15, -0.1) is 0 Å². The van der Waals surface area contributed by atoms with E-state index in [1.165, 1.54) is 12.0 Å². The number of rotatable bonds is 8. The minimum absolute atomic E-state index is 0.0262. The largest absolute Gasteiger partial charge is 0.480 e. The number of benzene rings is 1. The van der Waals surface area contributed by atoms with Gasteiger partial charge in [-0.05, 0) is 24.6 Å². The number of aliphatic carboxylic acids is 1. The summed E-state index contributed by atoms with van der Waals surface area (Å²) in [5.74, 6) is -1.28. The molecule has 21 heavy (non-hydrogen) atoms. The molecule has 0 saturated carbocycles. The van der Waals surface area contributed by atoms with Crippen LogP contribution in [0, 0.1) is 6.92 Å². The van der Waals surface area contributed by atoms with Crippen molar-refractivity contribution in [2.24, 2.45) is 0 Å². The van der Waals surface area contributed by atoms with Gasteiger partial charge in [-0.3, -0.25) is 14.5 Å². The van der Waals surface area contributed by atoms with Gasteiger partial charge in [0.15, 0.2) is 0 Å². The molecule has 0 radical (unpaired) electrons. The average molecular weight is 315 g/mol. The Labute approximate surface area is 128 Å². The number of carbonyl (C=O) groups is 2. The Hall–Kier alpha value is -1.63. The minimum Gasteiger partial charge on any atom is -0.480 e. The lowest BCUT2D eigenvalue weighted by Crippen LogP contribution is -2.38. The van der Waals surface area contributed by atoms with Crippen LogP contribution in [0.3, 0.4) is 0 Å². The maximum atomic E-state index is 12.0. The predicted octanol–water partition coefficient (Wildman–Crippen LogP) is 1.62. The number of anilines is 1. The highest BCUT2D eigenvalue weighted by molar-refractivity contribution is 6.31. The minimum atomic E-state index is -0.988. The van der Waals surface area contributed by atoms with Crippen LogP contribution in [0.4, 0.5) is 5.69 Å². The smallest absolute Gasteiger partial charge is 0.317 e. The maximum Gasteiger partial charge on any atom is 0.317 e. The molecule has 0 heterocycles. The van der Waals surface area contributed by atoms with E-state index in [0.717, 1.165) is 5.56 Å². The lowest BCUT2D eigenvalue weighted by atomic mass is 10.2. The number of carbonyl (C=O) groups excluding carboxylic acids is 1. The molecule has 2 N–H and O–H groups in total. The van der Waals surface area contributed by atoms with E-state index in [-0.39, 0.29) is 19.0 Å². The zero-order valence-corrected chi connectivity index (χ0v) is 12.8. The number of nitrogens with one attached hydrogen (secondary N) is 1. The first-order valence-electron chi connectivity index (χ1n) is 6.41. The van der Waals surface area contributed by atoms with Crippen molar-refractivity contribution in [3.63, 3.8) is 0 Å². The first-order chi connectivity index (χ1) is 9.92. The summed E-state index contributed by atoms with van der Waals surface area (Å²) in [6.45, 7) is 2.33. The van der Waals surface area contributed by atoms with Gasteiger partial charge in [-0.2, -0.15) is 0 Å². The number of carboxylic acid groups (broad SMARTS) is 1. The van der Waals surface area contributed by atoms with E-state index < -0.39 is 5.97 Å². The van der Waals surface area contributed by atoms with Crippen molar-refractivity contribution in [2.75, 3.05) is 38.7 Å². The van der Waals surface area contributed by atoms with Crippen molar-refractivity contribution in [1.82, 2.24) is 4.90 Å². The van der Waals surface area contributed by atoms with E-state index in [0.29, 0.717) is 23.9 Å². The molecule has 0 aliphatic carbocycles. The summed E-state index contributed by atoms with van der Waals surface area (Å²) < 4.78 is 4.90. The lowest BCUT2D eigenvalue weighted by molar-refractivity contribution is -0.138. The third-order valence-corrected chi connectivity index (χ3v) is 3.05. The van der Waals surface area contributed by atoms with Gasteiger partial charge < -0.3 is 15.2 Å². The molecular formula is C14H19ClN2O4. The van der Waals surface area contributed by atoms with Crippen molar-refractivity contribution in [2.45, 2.75) is 6.92 Å². The Morgan fingerprint density at radius 2 is 2.10 bits per heavy atom. The number of ether oxygens (including phenoxy) is 1. The van der Waals surface area contributed by atoms with Gasteiger partial charge in [-0.25, -0.2) is 0 Å². The predicted molar refractivity (Wildman–Crippen MR) is 80.8 cm³/mol. The van der Waals surface area contributed by atoms with Crippen LogP contribution in [-0.4, -0.2) is 55.2 Å². The maximum absolute atomic E-state index is 12.0. The topological polar surface area (TPSA) is 78.9 Å². The highest BCUT2D eigenvalue weighted by atomic mass is 35.5. The average Bonchev–Trinajstić information content (AvgIpc) is 2.39. The lowest BCUT2D eigenvalue weighted by Gasteiger charge is -2.19. The number of aryl methyl sites for hydroxylation is 1. The first-order valence-corrected chi connectivity index (χ1v) is 6.79. The van der Waals surface area contributed by atoms with Crippen LogP contribution in [-0.2, 0) is 14.3 Å². The molecule has 7 heteroatoms. The highest BCUT2D eigenvalue weighted by Crippen LogP contribution is 2.20. The molecule has 0 aliphatic heterocycles. The summed E-state index contributed by atoms with van der Waals surface area (Å²) in [7, 11) is 1.52. The van der Waals surface area contributed by atoms with Crippen LogP contribution in [0.1, 0.15) is 5.56 Å². The molecule has 0 fully saturated rings. The van der Waals surface area contributed by atoms with Crippen molar-refractivity contribution in [3.05, 3.63) is 28.8 Å². The highest BCUT2D eigenvalue weighted by Gasteiger charge is 2.14. The molecule has 1 aromatic carbocycles. The molecule has 0 aliphatic rings. The number of hydrogen-bond donors (Lipinski definition) is 2. The van der Waals surface area contributed by atoms with Crippen LogP contribution < -0.4 is 5.32 Å². The number of hydrogen-bond acceptors (Lipinski definition) is 4. The van der Waals surface area contributed by atoms with Crippen molar-refractivity contribution < 1.29 is 19.4 Å². The Balaban J connectivity index is 2.64. The molecule has 1 rings (SSSR count). The van der Waals surface area contributed by atoms with Gasteiger partial charge in [-0.1, -0.05) is 17.7 Å². The Kier molecular flexibility index (Phi) is 7.14. The molecule has 1 aromatic rings. The van der Waals surface area contributed by atoms with Gasteiger partial charge in [0.2, 0.25) is 5.91 Å². The van der Waals surface area contributed by atoms with E-state index >= 15 is 0 Å². The zero-order valence-electron chi connectivity index (χ0n) is 12.1. The summed E-state index contributed by atoms with van der Waals surface area (Å²) in [4.78, 5) is 24.3. The van der Waals surface area contributed by atoms with E-state index in [1.54, 1.807) is 18.2 Å². The van der Waals surface area contributed by atoms with Crippen molar-refractivity contribution in [3.8, 4) is 0 Å². The van der Waals surface area contributed by atoms with Gasteiger partial charge in [0, 0.05) is 24.4 Å². The molecule has 0 saturated heterocycles. The van der Waals surface area contributed by atoms with Gasteiger partial charge in [0.1, 0.15) is 0 Å². The van der Waals surface area contributed by atoms with Crippen LogP contribution in [0.2, 0.25) is 5.02 Å². The number of methoxy groups -OCH3 is 1. The van der Waals surface area contributed by atoms with E-state index in [1.807, 2.05) is 6.92 Å². The molecule has 6 nitrogen and oxygen atoms in total. The van der Waals surface area contributed by atoms with E-state index in [4.69, 9.17) is 21.4 Å². The summed E-state index contributed by atoms with van der Waals surface area (Å²) in [6.07, 6.45) is 0. The standard InChI is InChI=1S/C14H19ClN2O4/c1-10-3-4-11(15)7-12(10)16-13(18)8-17(5-6-21-2)9-14(19)20/h3-4,7H,5-6,8-9H2,1-2H3,(H,16,18)(H,19,20). The summed E-state index contributed by atoms with van der Waals surface area (Å²) >= 11 is 5.89. The monoisotopic (exact) mass is 314 g/mol. The Bertz CT molecular complexity index is 508. The number of carboxylic acids is 1. The summed E-state index contributed by atoms with van der Waals surface area (Å²) in [6, 6.07) is 5.20. The molecule has 0 unspecified atom stereocenters. The number of nitrogens with zero attached hydrogens (tertiary/aromatic N) is 1. The van der Waals surface area contributed by atoms with Gasteiger partial charge in [0.05, 0.1) is 19.7 Å². The summed E-state index contributed by atoms with van der Waals surface area (Å²) in [5.41, 5.74) is 1.50. The van der Waals surface area contributed by atoms with Crippen LogP contribution in [0.5, 0.6) is 0 Å². The number of halogens is 1. The van der Waals surface area contributed by atoms with Gasteiger partial charge in [0.25, 0.3) is 0 Å². The van der Waals surface area contributed by atoms with Crippen LogP contribution in [0.25, 0.3) is 0 Å². The SMILES string of the molecule is COCCN(CC(=O)O)CC(=O)Nc1cc(Cl)ccc1C.